The highest BCUT2D eigenvalue weighted by Gasteiger charge is 2.28. The van der Waals surface area contributed by atoms with E-state index in [1.165, 1.54) is 25.7 Å². The van der Waals surface area contributed by atoms with Gasteiger partial charge in [-0.3, -0.25) is 0 Å². The molecule has 1 unspecified atom stereocenters. The first-order valence-electron chi connectivity index (χ1n) is 7.80. The maximum Gasteiger partial charge on any atom is 0.124 e. The summed E-state index contributed by atoms with van der Waals surface area (Å²) in [5.74, 6) is 1.65. The molecule has 0 spiro atoms. The van der Waals surface area contributed by atoms with Crippen molar-refractivity contribution in [3.63, 3.8) is 0 Å². The van der Waals surface area contributed by atoms with Gasteiger partial charge in [-0.2, -0.15) is 0 Å². The van der Waals surface area contributed by atoms with E-state index >= 15 is 0 Å². The fourth-order valence-electron chi connectivity index (χ4n) is 3.10. The van der Waals surface area contributed by atoms with E-state index in [0.717, 1.165) is 36.7 Å². The number of benzene rings is 1. The van der Waals surface area contributed by atoms with Crippen molar-refractivity contribution in [3.8, 4) is 11.5 Å². The van der Waals surface area contributed by atoms with Crippen LogP contribution in [0.15, 0.2) is 18.2 Å². The van der Waals surface area contributed by atoms with Gasteiger partial charge in [0.15, 0.2) is 0 Å². The van der Waals surface area contributed by atoms with E-state index in [1.807, 2.05) is 18.2 Å². The Balaban J connectivity index is 2.20. The maximum atomic E-state index is 6.64. The molecule has 1 aliphatic rings. The molecule has 0 aromatic heterocycles. The molecule has 0 amide bonds. The van der Waals surface area contributed by atoms with Gasteiger partial charge >= 0.3 is 0 Å². The first kappa shape index (κ1) is 16.1. The number of rotatable bonds is 5. The zero-order valence-corrected chi connectivity index (χ0v) is 13.5. The van der Waals surface area contributed by atoms with Gasteiger partial charge in [0.1, 0.15) is 11.5 Å². The van der Waals surface area contributed by atoms with Crippen LogP contribution in [0.5, 0.6) is 11.5 Å². The summed E-state index contributed by atoms with van der Waals surface area (Å²) in [6.45, 7) is 5.20. The van der Waals surface area contributed by atoms with Crippen LogP contribution in [0.1, 0.15) is 38.2 Å². The van der Waals surface area contributed by atoms with Gasteiger partial charge in [-0.25, -0.2) is 0 Å². The van der Waals surface area contributed by atoms with Crippen molar-refractivity contribution in [1.29, 1.82) is 0 Å². The van der Waals surface area contributed by atoms with Gasteiger partial charge in [0.25, 0.3) is 0 Å². The van der Waals surface area contributed by atoms with E-state index in [-0.39, 0.29) is 0 Å². The van der Waals surface area contributed by atoms with E-state index < -0.39 is 5.54 Å². The molecule has 1 heterocycles. The summed E-state index contributed by atoms with van der Waals surface area (Å²) in [5, 5.41) is 0. The van der Waals surface area contributed by atoms with E-state index in [1.54, 1.807) is 14.2 Å². The van der Waals surface area contributed by atoms with Crippen LogP contribution < -0.4 is 15.2 Å². The van der Waals surface area contributed by atoms with Gasteiger partial charge in [-0.1, -0.05) is 12.8 Å². The molecule has 1 fully saturated rings. The van der Waals surface area contributed by atoms with Crippen molar-refractivity contribution in [2.24, 2.45) is 5.73 Å². The molecule has 1 atom stereocenters. The highest BCUT2D eigenvalue weighted by molar-refractivity contribution is 5.44. The summed E-state index contributed by atoms with van der Waals surface area (Å²) in [7, 11) is 3.36. The molecule has 1 aliphatic heterocycles. The Hall–Kier alpha value is -1.26. The van der Waals surface area contributed by atoms with Crippen molar-refractivity contribution < 1.29 is 9.47 Å². The summed E-state index contributed by atoms with van der Waals surface area (Å²) >= 11 is 0. The van der Waals surface area contributed by atoms with Crippen LogP contribution in [0.25, 0.3) is 0 Å². The largest absolute Gasteiger partial charge is 0.497 e. The van der Waals surface area contributed by atoms with Crippen molar-refractivity contribution in [3.05, 3.63) is 23.8 Å². The molecule has 4 nitrogen and oxygen atoms in total. The molecule has 4 heteroatoms. The van der Waals surface area contributed by atoms with Crippen LogP contribution in [0, 0.1) is 0 Å². The highest BCUT2D eigenvalue weighted by Crippen LogP contribution is 2.32. The standard InChI is InChI=1S/C17H28N2O2/c1-17(18,13-19-10-6-4-5-7-11-19)15-12-14(20-2)8-9-16(15)21-3/h8-9,12H,4-7,10-11,13,18H2,1-3H3. The average molecular weight is 292 g/mol. The average Bonchev–Trinajstić information content (AvgIpc) is 2.74. The predicted octanol–water partition coefficient (Wildman–Crippen LogP) is 2.75. The second-order valence-corrected chi connectivity index (χ2v) is 6.17. The predicted molar refractivity (Wildman–Crippen MR) is 86.0 cm³/mol. The van der Waals surface area contributed by atoms with Crippen molar-refractivity contribution in [2.75, 3.05) is 33.9 Å². The third-order valence-electron chi connectivity index (χ3n) is 4.27. The lowest BCUT2D eigenvalue weighted by molar-refractivity contribution is 0.221. The number of methoxy groups -OCH3 is 2. The molecule has 21 heavy (non-hydrogen) atoms. The number of hydrogen-bond acceptors (Lipinski definition) is 4. The van der Waals surface area contributed by atoms with Crippen LogP contribution in [0.2, 0.25) is 0 Å². The van der Waals surface area contributed by atoms with Gasteiger partial charge < -0.3 is 20.1 Å². The lowest BCUT2D eigenvalue weighted by Gasteiger charge is -2.33. The summed E-state index contributed by atoms with van der Waals surface area (Å²) in [6.07, 6.45) is 5.21. The number of likely N-dealkylation sites (tertiary alicyclic amines) is 1. The minimum absolute atomic E-state index is 0.454. The second kappa shape index (κ2) is 7.14. The Kier molecular flexibility index (Phi) is 5.48. The van der Waals surface area contributed by atoms with Crippen LogP contribution in [0.3, 0.4) is 0 Å². The van der Waals surface area contributed by atoms with Gasteiger partial charge in [-0.15, -0.1) is 0 Å². The van der Waals surface area contributed by atoms with Crippen LogP contribution in [-0.2, 0) is 5.54 Å². The Bertz CT molecular complexity index is 452. The van der Waals surface area contributed by atoms with Gasteiger partial charge in [0.2, 0.25) is 0 Å². The Morgan fingerprint density at radius 3 is 2.33 bits per heavy atom. The van der Waals surface area contributed by atoms with E-state index in [2.05, 4.69) is 11.8 Å². The summed E-state index contributed by atoms with van der Waals surface area (Å²) in [6, 6.07) is 5.84. The SMILES string of the molecule is COc1ccc(OC)c(C(C)(N)CN2CCCCCC2)c1. The zero-order chi connectivity index (χ0) is 15.3. The number of hydrogen-bond donors (Lipinski definition) is 1. The smallest absolute Gasteiger partial charge is 0.124 e. The van der Waals surface area contributed by atoms with E-state index in [0.29, 0.717) is 0 Å². The molecule has 2 N–H and O–H groups in total. The molecule has 1 aromatic rings. The minimum atomic E-state index is -0.454. The number of nitrogens with two attached hydrogens (primary N) is 1. The number of nitrogens with zero attached hydrogens (tertiary/aromatic N) is 1. The summed E-state index contributed by atoms with van der Waals surface area (Å²) in [4.78, 5) is 2.48. The van der Waals surface area contributed by atoms with Crippen molar-refractivity contribution in [2.45, 2.75) is 38.1 Å². The van der Waals surface area contributed by atoms with Crippen molar-refractivity contribution >= 4 is 0 Å². The lowest BCUT2D eigenvalue weighted by Crippen LogP contribution is -2.46. The monoisotopic (exact) mass is 292 g/mol. The highest BCUT2D eigenvalue weighted by atomic mass is 16.5. The second-order valence-electron chi connectivity index (χ2n) is 6.17. The van der Waals surface area contributed by atoms with Gasteiger partial charge in [0, 0.05) is 12.1 Å². The van der Waals surface area contributed by atoms with E-state index in [9.17, 15) is 0 Å². The Morgan fingerprint density at radius 1 is 1.10 bits per heavy atom. The minimum Gasteiger partial charge on any atom is -0.497 e. The molecule has 118 valence electrons. The van der Waals surface area contributed by atoms with E-state index in [4.69, 9.17) is 15.2 Å². The molecule has 0 radical (unpaired) electrons. The van der Waals surface area contributed by atoms with Gasteiger partial charge in [-0.05, 0) is 51.1 Å². The molecule has 1 aromatic carbocycles. The quantitative estimate of drug-likeness (QED) is 0.906. The Labute approximate surface area is 128 Å². The lowest BCUT2D eigenvalue weighted by atomic mass is 9.91. The molecular weight excluding hydrogens is 264 g/mol. The molecular formula is C17H28N2O2. The summed E-state index contributed by atoms with van der Waals surface area (Å²) in [5.41, 5.74) is 7.20. The van der Waals surface area contributed by atoms with Crippen LogP contribution in [-0.4, -0.2) is 38.8 Å². The summed E-state index contributed by atoms with van der Waals surface area (Å²) < 4.78 is 10.8. The Morgan fingerprint density at radius 2 is 1.76 bits per heavy atom. The zero-order valence-electron chi connectivity index (χ0n) is 13.5. The molecule has 1 saturated heterocycles. The van der Waals surface area contributed by atoms with Crippen LogP contribution >= 0.6 is 0 Å². The fourth-order valence-corrected chi connectivity index (χ4v) is 3.10. The first-order chi connectivity index (χ1) is 10.1. The normalized spacial score (nSPS) is 19.6. The first-order valence-corrected chi connectivity index (χ1v) is 7.80. The van der Waals surface area contributed by atoms with Crippen molar-refractivity contribution in [1.82, 2.24) is 4.90 Å². The number of ether oxygens (including phenoxy) is 2. The maximum absolute atomic E-state index is 6.64. The third-order valence-corrected chi connectivity index (χ3v) is 4.27. The molecule has 0 aliphatic carbocycles. The molecule has 2 rings (SSSR count). The third kappa shape index (κ3) is 4.11. The topological polar surface area (TPSA) is 47.7 Å². The molecule has 0 saturated carbocycles. The van der Waals surface area contributed by atoms with Gasteiger partial charge in [0.05, 0.1) is 19.8 Å². The fraction of sp³-hybridized carbons (Fsp3) is 0.647. The molecule has 0 bridgehead atoms. The van der Waals surface area contributed by atoms with Crippen LogP contribution in [0.4, 0.5) is 0 Å².